The summed E-state index contributed by atoms with van der Waals surface area (Å²) in [7, 11) is 0. The molecule has 0 spiro atoms. The SMILES string of the molecule is C[C@@H](NC(=O)C1CCCC1C(=O)O)c1cccs1. The van der Waals surface area contributed by atoms with Gasteiger partial charge < -0.3 is 10.4 Å². The van der Waals surface area contributed by atoms with Gasteiger partial charge in [-0.05, 0) is 31.2 Å². The zero-order valence-corrected chi connectivity index (χ0v) is 11.1. The monoisotopic (exact) mass is 267 g/mol. The Labute approximate surface area is 110 Å². The van der Waals surface area contributed by atoms with Crippen molar-refractivity contribution >= 4 is 23.2 Å². The topological polar surface area (TPSA) is 66.4 Å². The molecule has 98 valence electrons. The van der Waals surface area contributed by atoms with Gasteiger partial charge in [-0.25, -0.2) is 0 Å². The highest BCUT2D eigenvalue weighted by Crippen LogP contribution is 2.32. The highest BCUT2D eigenvalue weighted by molar-refractivity contribution is 7.10. The zero-order valence-electron chi connectivity index (χ0n) is 10.3. The first-order chi connectivity index (χ1) is 8.59. The lowest BCUT2D eigenvalue weighted by atomic mass is 9.95. The highest BCUT2D eigenvalue weighted by atomic mass is 32.1. The summed E-state index contributed by atoms with van der Waals surface area (Å²) in [5, 5.41) is 14.0. The first-order valence-electron chi connectivity index (χ1n) is 6.16. The van der Waals surface area contributed by atoms with Gasteiger partial charge in [-0.15, -0.1) is 11.3 Å². The van der Waals surface area contributed by atoms with E-state index in [9.17, 15) is 9.59 Å². The normalized spacial score (nSPS) is 24.7. The Morgan fingerprint density at radius 3 is 2.78 bits per heavy atom. The molecule has 1 saturated carbocycles. The number of rotatable bonds is 4. The molecule has 2 unspecified atom stereocenters. The highest BCUT2D eigenvalue weighted by Gasteiger charge is 2.38. The maximum absolute atomic E-state index is 12.1. The summed E-state index contributed by atoms with van der Waals surface area (Å²) in [5.41, 5.74) is 0. The van der Waals surface area contributed by atoms with Gasteiger partial charge in [0, 0.05) is 4.88 Å². The first-order valence-corrected chi connectivity index (χ1v) is 7.04. The van der Waals surface area contributed by atoms with E-state index in [0.29, 0.717) is 12.8 Å². The van der Waals surface area contributed by atoms with Crippen LogP contribution in [0, 0.1) is 11.8 Å². The van der Waals surface area contributed by atoms with Gasteiger partial charge in [-0.3, -0.25) is 9.59 Å². The summed E-state index contributed by atoms with van der Waals surface area (Å²) in [6, 6.07) is 3.87. The Kier molecular flexibility index (Phi) is 4.01. The second-order valence-electron chi connectivity index (χ2n) is 4.73. The Morgan fingerprint density at radius 2 is 2.17 bits per heavy atom. The number of aliphatic carboxylic acids is 1. The van der Waals surface area contributed by atoms with Gasteiger partial charge in [-0.1, -0.05) is 12.5 Å². The molecule has 0 saturated heterocycles. The van der Waals surface area contributed by atoms with Crippen LogP contribution in [0.4, 0.5) is 0 Å². The summed E-state index contributed by atoms with van der Waals surface area (Å²) in [5.74, 6) is -1.86. The van der Waals surface area contributed by atoms with E-state index < -0.39 is 11.9 Å². The molecule has 0 radical (unpaired) electrons. The summed E-state index contributed by atoms with van der Waals surface area (Å²) < 4.78 is 0. The average Bonchev–Trinajstić information content (AvgIpc) is 3.00. The smallest absolute Gasteiger partial charge is 0.307 e. The molecule has 1 fully saturated rings. The molecule has 2 rings (SSSR count). The first kappa shape index (κ1) is 13.1. The van der Waals surface area contributed by atoms with Crippen LogP contribution in [0.1, 0.15) is 37.1 Å². The quantitative estimate of drug-likeness (QED) is 0.880. The largest absolute Gasteiger partial charge is 0.481 e. The average molecular weight is 267 g/mol. The summed E-state index contributed by atoms with van der Waals surface area (Å²) in [6.07, 6.45) is 2.11. The molecule has 4 nitrogen and oxygen atoms in total. The van der Waals surface area contributed by atoms with Crippen LogP contribution in [0.2, 0.25) is 0 Å². The van der Waals surface area contributed by atoms with Gasteiger partial charge in [0.1, 0.15) is 0 Å². The van der Waals surface area contributed by atoms with Crippen LogP contribution in [0.3, 0.4) is 0 Å². The number of carboxylic acid groups (broad SMARTS) is 1. The van der Waals surface area contributed by atoms with Crippen molar-refractivity contribution in [1.29, 1.82) is 0 Å². The fourth-order valence-electron chi connectivity index (χ4n) is 2.50. The number of carbonyl (C=O) groups excluding carboxylic acids is 1. The molecule has 18 heavy (non-hydrogen) atoms. The number of carboxylic acids is 1. The predicted octanol–water partition coefficient (Wildman–Crippen LogP) is 2.43. The van der Waals surface area contributed by atoms with E-state index in [0.717, 1.165) is 11.3 Å². The molecule has 0 bridgehead atoms. The van der Waals surface area contributed by atoms with Crippen LogP contribution in [0.5, 0.6) is 0 Å². The van der Waals surface area contributed by atoms with E-state index in [-0.39, 0.29) is 17.9 Å². The molecule has 0 aliphatic heterocycles. The van der Waals surface area contributed by atoms with E-state index in [2.05, 4.69) is 5.32 Å². The molecule has 1 aliphatic carbocycles. The third kappa shape index (κ3) is 2.72. The van der Waals surface area contributed by atoms with Crippen molar-refractivity contribution in [2.24, 2.45) is 11.8 Å². The van der Waals surface area contributed by atoms with Crippen LogP contribution >= 0.6 is 11.3 Å². The van der Waals surface area contributed by atoms with Crippen molar-refractivity contribution in [2.45, 2.75) is 32.2 Å². The minimum Gasteiger partial charge on any atom is -0.481 e. The van der Waals surface area contributed by atoms with Gasteiger partial charge in [-0.2, -0.15) is 0 Å². The zero-order chi connectivity index (χ0) is 13.1. The molecule has 2 N–H and O–H groups in total. The van der Waals surface area contributed by atoms with Crippen molar-refractivity contribution in [3.63, 3.8) is 0 Å². The van der Waals surface area contributed by atoms with Gasteiger partial charge in [0.2, 0.25) is 5.91 Å². The molecule has 1 aromatic rings. The van der Waals surface area contributed by atoms with Crippen molar-refractivity contribution < 1.29 is 14.7 Å². The van der Waals surface area contributed by atoms with Crippen LogP contribution in [-0.2, 0) is 9.59 Å². The number of nitrogens with one attached hydrogen (secondary N) is 1. The molecular formula is C13H17NO3S. The third-order valence-electron chi connectivity index (χ3n) is 3.50. The van der Waals surface area contributed by atoms with Crippen molar-refractivity contribution in [3.8, 4) is 0 Å². The van der Waals surface area contributed by atoms with Crippen LogP contribution < -0.4 is 5.32 Å². The van der Waals surface area contributed by atoms with Crippen molar-refractivity contribution in [1.82, 2.24) is 5.32 Å². The second-order valence-corrected chi connectivity index (χ2v) is 5.71. The second kappa shape index (κ2) is 5.52. The van der Waals surface area contributed by atoms with Crippen LogP contribution in [-0.4, -0.2) is 17.0 Å². The molecule has 1 amide bonds. The van der Waals surface area contributed by atoms with Gasteiger partial charge >= 0.3 is 5.97 Å². The number of amides is 1. The predicted molar refractivity (Wildman–Crippen MR) is 69.3 cm³/mol. The van der Waals surface area contributed by atoms with Crippen molar-refractivity contribution in [2.75, 3.05) is 0 Å². The molecule has 1 aliphatic rings. The lowest BCUT2D eigenvalue weighted by Gasteiger charge is -2.19. The number of hydrogen-bond donors (Lipinski definition) is 2. The Balaban J connectivity index is 1.97. The van der Waals surface area contributed by atoms with E-state index in [1.165, 1.54) is 0 Å². The van der Waals surface area contributed by atoms with E-state index >= 15 is 0 Å². The molecule has 0 aromatic carbocycles. The third-order valence-corrected chi connectivity index (χ3v) is 4.55. The van der Waals surface area contributed by atoms with Crippen LogP contribution in [0.25, 0.3) is 0 Å². The fraction of sp³-hybridized carbons (Fsp3) is 0.538. The Morgan fingerprint density at radius 1 is 1.44 bits per heavy atom. The Bertz CT molecular complexity index is 429. The maximum Gasteiger partial charge on any atom is 0.307 e. The number of thiophene rings is 1. The number of hydrogen-bond acceptors (Lipinski definition) is 3. The lowest BCUT2D eigenvalue weighted by Crippen LogP contribution is -2.36. The summed E-state index contributed by atoms with van der Waals surface area (Å²) >= 11 is 1.59. The molecule has 5 heteroatoms. The van der Waals surface area contributed by atoms with E-state index in [1.54, 1.807) is 11.3 Å². The Hall–Kier alpha value is -1.36. The number of carbonyl (C=O) groups is 2. The van der Waals surface area contributed by atoms with Crippen molar-refractivity contribution in [3.05, 3.63) is 22.4 Å². The van der Waals surface area contributed by atoms with Crippen LogP contribution in [0.15, 0.2) is 17.5 Å². The summed E-state index contributed by atoms with van der Waals surface area (Å²) in [6.45, 7) is 1.93. The van der Waals surface area contributed by atoms with Gasteiger partial charge in [0.15, 0.2) is 0 Å². The molecular weight excluding hydrogens is 250 g/mol. The summed E-state index contributed by atoms with van der Waals surface area (Å²) in [4.78, 5) is 24.2. The van der Waals surface area contributed by atoms with E-state index in [1.807, 2.05) is 24.4 Å². The molecule has 1 heterocycles. The molecule has 1 aromatic heterocycles. The minimum atomic E-state index is -0.851. The standard InChI is InChI=1S/C13H17NO3S/c1-8(11-6-3-7-18-11)14-12(15)9-4-2-5-10(9)13(16)17/h3,6-10H,2,4-5H2,1H3,(H,14,15)(H,16,17)/t8-,9?,10?/m1/s1. The minimum absolute atomic E-state index is 0.0486. The lowest BCUT2D eigenvalue weighted by molar-refractivity contribution is -0.146. The maximum atomic E-state index is 12.1. The molecule has 3 atom stereocenters. The fourth-order valence-corrected chi connectivity index (χ4v) is 3.23. The van der Waals surface area contributed by atoms with Gasteiger partial charge in [0.25, 0.3) is 0 Å². The van der Waals surface area contributed by atoms with E-state index in [4.69, 9.17) is 5.11 Å². The van der Waals surface area contributed by atoms with Gasteiger partial charge in [0.05, 0.1) is 17.9 Å².